The lowest BCUT2D eigenvalue weighted by atomic mass is 11.2. The fourth-order valence-electron chi connectivity index (χ4n) is 1.22. The van der Waals surface area contributed by atoms with Crippen LogP contribution in [0.15, 0.2) is 11.4 Å². The van der Waals surface area contributed by atoms with Gasteiger partial charge in [0.25, 0.3) is 0 Å². The molecule has 0 aromatic carbocycles. The Labute approximate surface area is 103 Å². The van der Waals surface area contributed by atoms with Gasteiger partial charge in [0.1, 0.15) is 0 Å². The van der Waals surface area contributed by atoms with Crippen LogP contribution in [0.25, 0.3) is 0 Å². The van der Waals surface area contributed by atoms with Crippen molar-refractivity contribution >= 4 is 36.3 Å². The molecule has 0 aliphatic rings. The number of halogens is 1. The van der Waals surface area contributed by atoms with Crippen LogP contribution in [0.4, 0.5) is 0 Å². The molecule has 0 aliphatic carbocycles. The molecule has 0 spiro atoms. The zero-order valence-electron chi connectivity index (χ0n) is 11.1. The first-order chi connectivity index (χ1) is 6.47. The molecule has 0 heterocycles. The second-order valence-corrected chi connectivity index (χ2v) is 20.3. The average molecular weight is 281 g/mol. The molecular weight excluding hydrogens is 256 g/mol. The van der Waals surface area contributed by atoms with Crippen LogP contribution in [0.1, 0.15) is 0 Å². The molecule has 0 N–H and O–H groups in total. The molecule has 5 heteroatoms. The standard InChI is InChI=1S/C10H25ClOSi3/c1-13(2,3)8-9-14(4,5)12-15(6,7)10-11/h8-9H,10H2,1-7H3. The molecule has 0 radical (unpaired) electrons. The lowest BCUT2D eigenvalue weighted by Crippen LogP contribution is -2.45. The lowest BCUT2D eigenvalue weighted by molar-refractivity contribution is 0.563. The second kappa shape index (κ2) is 5.31. The summed E-state index contributed by atoms with van der Waals surface area (Å²) in [7, 11) is -4.35. The highest BCUT2D eigenvalue weighted by Crippen LogP contribution is 2.17. The molecule has 0 aromatic rings. The molecule has 0 bridgehead atoms. The van der Waals surface area contributed by atoms with E-state index in [-0.39, 0.29) is 0 Å². The fourth-order valence-corrected chi connectivity index (χ4v) is 11.5. The zero-order chi connectivity index (χ0) is 12.3. The Balaban J connectivity index is 4.51. The lowest BCUT2D eigenvalue weighted by Gasteiger charge is -2.31. The van der Waals surface area contributed by atoms with E-state index in [0.717, 1.165) is 0 Å². The molecule has 0 amide bonds. The van der Waals surface area contributed by atoms with Crippen LogP contribution in [-0.2, 0) is 4.12 Å². The molecular formula is C10H25ClOSi3. The Morgan fingerprint density at radius 2 is 1.40 bits per heavy atom. The molecule has 0 atom stereocenters. The van der Waals surface area contributed by atoms with Gasteiger partial charge in [0, 0.05) is 5.50 Å². The zero-order valence-corrected chi connectivity index (χ0v) is 14.9. The summed E-state index contributed by atoms with van der Waals surface area (Å²) >= 11 is 5.93. The third-order valence-electron chi connectivity index (χ3n) is 1.85. The molecule has 0 aliphatic heterocycles. The van der Waals surface area contributed by atoms with Gasteiger partial charge in [0.15, 0.2) is 16.6 Å². The van der Waals surface area contributed by atoms with Crippen molar-refractivity contribution in [3.8, 4) is 0 Å². The minimum Gasteiger partial charge on any atom is -0.452 e. The predicted octanol–water partition coefficient (Wildman–Crippen LogP) is 4.16. The Morgan fingerprint density at radius 3 is 1.73 bits per heavy atom. The molecule has 1 nitrogen and oxygen atoms in total. The van der Waals surface area contributed by atoms with Crippen molar-refractivity contribution in [2.75, 3.05) is 5.50 Å². The first kappa shape index (κ1) is 15.6. The van der Waals surface area contributed by atoms with Crippen molar-refractivity contribution in [1.82, 2.24) is 0 Å². The molecule has 0 saturated carbocycles. The summed E-state index contributed by atoms with van der Waals surface area (Å²) in [6.07, 6.45) is 0. The van der Waals surface area contributed by atoms with Gasteiger partial charge >= 0.3 is 0 Å². The highest BCUT2D eigenvalue weighted by atomic mass is 35.5. The van der Waals surface area contributed by atoms with Crippen LogP contribution in [0, 0.1) is 0 Å². The van der Waals surface area contributed by atoms with E-state index in [0.29, 0.717) is 5.50 Å². The summed E-state index contributed by atoms with van der Waals surface area (Å²) in [6, 6.07) is 0. The Hall–Kier alpha value is 0.641. The molecule has 0 fully saturated rings. The van der Waals surface area contributed by atoms with Crippen LogP contribution >= 0.6 is 11.6 Å². The summed E-state index contributed by atoms with van der Waals surface area (Å²) in [5.41, 5.74) is 5.43. The van der Waals surface area contributed by atoms with Crippen molar-refractivity contribution in [1.29, 1.82) is 0 Å². The summed E-state index contributed by atoms with van der Waals surface area (Å²) in [5, 5.41) is 0. The van der Waals surface area contributed by atoms with E-state index >= 15 is 0 Å². The number of hydrogen-bond donors (Lipinski definition) is 0. The van der Waals surface area contributed by atoms with E-state index in [2.05, 4.69) is 57.2 Å². The maximum absolute atomic E-state index is 6.25. The summed E-state index contributed by atoms with van der Waals surface area (Å²) in [4.78, 5) is 0. The minimum absolute atomic E-state index is 0.685. The van der Waals surface area contributed by atoms with Crippen LogP contribution in [0.2, 0.25) is 45.8 Å². The van der Waals surface area contributed by atoms with Gasteiger partial charge < -0.3 is 4.12 Å². The number of rotatable bonds is 5. The van der Waals surface area contributed by atoms with E-state index in [4.69, 9.17) is 15.7 Å². The van der Waals surface area contributed by atoms with Crippen molar-refractivity contribution in [2.45, 2.75) is 45.8 Å². The van der Waals surface area contributed by atoms with Gasteiger partial charge in [-0.1, -0.05) is 25.3 Å². The van der Waals surface area contributed by atoms with Gasteiger partial charge in [-0.2, -0.15) is 0 Å². The molecule has 15 heavy (non-hydrogen) atoms. The smallest absolute Gasteiger partial charge is 0.197 e. The van der Waals surface area contributed by atoms with Gasteiger partial charge in [-0.3, -0.25) is 0 Å². The predicted molar refractivity (Wildman–Crippen MR) is 79.3 cm³/mol. The average Bonchev–Trinajstić information content (AvgIpc) is 1.98. The van der Waals surface area contributed by atoms with Gasteiger partial charge in [-0.15, -0.1) is 17.3 Å². The van der Waals surface area contributed by atoms with Gasteiger partial charge in [-0.25, -0.2) is 0 Å². The Kier molecular flexibility index (Phi) is 5.54. The van der Waals surface area contributed by atoms with Crippen LogP contribution in [0.5, 0.6) is 0 Å². The van der Waals surface area contributed by atoms with Crippen molar-refractivity contribution in [3.63, 3.8) is 0 Å². The van der Waals surface area contributed by atoms with E-state index in [9.17, 15) is 0 Å². The van der Waals surface area contributed by atoms with Gasteiger partial charge in [-0.05, 0) is 26.2 Å². The quantitative estimate of drug-likeness (QED) is 0.543. The van der Waals surface area contributed by atoms with E-state index in [1.165, 1.54) is 0 Å². The summed E-state index contributed by atoms with van der Waals surface area (Å²) < 4.78 is 6.25. The summed E-state index contributed by atoms with van der Waals surface area (Å²) in [6.45, 7) is 15.9. The fraction of sp³-hybridized carbons (Fsp3) is 0.800. The molecule has 0 aromatic heterocycles. The highest BCUT2D eigenvalue weighted by molar-refractivity contribution is 6.91. The second-order valence-electron chi connectivity index (χ2n) is 6.30. The Morgan fingerprint density at radius 1 is 0.933 bits per heavy atom. The Bertz CT molecular complexity index is 231. The normalized spacial score (nSPS) is 14.9. The van der Waals surface area contributed by atoms with Crippen molar-refractivity contribution in [2.24, 2.45) is 0 Å². The largest absolute Gasteiger partial charge is 0.452 e. The SMILES string of the molecule is C[Si](C)(C)C=C[Si](C)(C)O[Si](C)(C)CCl. The topological polar surface area (TPSA) is 9.23 Å². The van der Waals surface area contributed by atoms with E-state index < -0.39 is 24.7 Å². The van der Waals surface area contributed by atoms with Crippen LogP contribution in [-0.4, -0.2) is 30.2 Å². The monoisotopic (exact) mass is 280 g/mol. The minimum atomic E-state index is -1.64. The highest BCUT2D eigenvalue weighted by Gasteiger charge is 2.30. The van der Waals surface area contributed by atoms with Crippen LogP contribution < -0.4 is 0 Å². The third kappa shape index (κ3) is 8.45. The number of alkyl halides is 1. The van der Waals surface area contributed by atoms with E-state index in [1.807, 2.05) is 0 Å². The number of hydrogen-bond acceptors (Lipinski definition) is 1. The maximum Gasteiger partial charge on any atom is 0.197 e. The molecule has 0 unspecified atom stereocenters. The molecule has 90 valence electrons. The van der Waals surface area contributed by atoms with Crippen LogP contribution in [0.3, 0.4) is 0 Å². The van der Waals surface area contributed by atoms with Gasteiger partial charge in [0.05, 0.1) is 8.07 Å². The molecule has 0 saturated heterocycles. The van der Waals surface area contributed by atoms with Crippen molar-refractivity contribution < 1.29 is 4.12 Å². The molecule has 0 rings (SSSR count). The van der Waals surface area contributed by atoms with E-state index in [1.54, 1.807) is 0 Å². The van der Waals surface area contributed by atoms with Gasteiger partial charge in [0.2, 0.25) is 0 Å². The third-order valence-corrected chi connectivity index (χ3v) is 11.2. The summed E-state index contributed by atoms with van der Waals surface area (Å²) in [5.74, 6) is 0. The first-order valence-corrected chi connectivity index (χ1v) is 15.7. The van der Waals surface area contributed by atoms with Crippen molar-refractivity contribution in [3.05, 3.63) is 11.4 Å². The maximum atomic E-state index is 6.25. The first-order valence-electron chi connectivity index (χ1n) is 5.44.